The predicted molar refractivity (Wildman–Crippen MR) is 281 cm³/mol. The van der Waals surface area contributed by atoms with Crippen molar-refractivity contribution in [2.75, 3.05) is 75.2 Å². The standard InChI is InChI=1S/2C24H26Cl2N4O.C4H4O4/c2*25-20-9-6-10-22(23(20)26)29-17-15-28(16-18-29)12-4-5-13-30-14-11-21(27-24(30)31)19-7-2-1-3-8-19;5-3(6)1-2-4(7)8/h2*1-3,6-11,14H,4-5,12-13,15-18H2;1-2H,(H,5,6)(H,7,8). The molecule has 2 aliphatic heterocycles. The van der Waals surface area contributed by atoms with Crippen LogP contribution in [0.3, 0.4) is 0 Å². The highest BCUT2D eigenvalue weighted by Gasteiger charge is 2.21. The van der Waals surface area contributed by atoms with Crippen molar-refractivity contribution in [1.82, 2.24) is 28.9 Å². The summed E-state index contributed by atoms with van der Waals surface area (Å²) in [4.78, 5) is 61.8. The van der Waals surface area contributed by atoms with E-state index in [0.29, 0.717) is 45.3 Å². The first-order valence-corrected chi connectivity index (χ1v) is 24.6. The van der Waals surface area contributed by atoms with E-state index in [1.165, 1.54) is 0 Å². The number of nitrogens with zero attached hydrogens (tertiary/aromatic N) is 8. The number of anilines is 2. The van der Waals surface area contributed by atoms with Crippen LogP contribution in [0, 0.1) is 0 Å². The molecular formula is C52H56Cl4N8O6. The van der Waals surface area contributed by atoms with Gasteiger partial charge in [0.1, 0.15) is 0 Å². The van der Waals surface area contributed by atoms with Gasteiger partial charge in [-0.3, -0.25) is 18.9 Å². The molecule has 0 saturated carbocycles. The van der Waals surface area contributed by atoms with Gasteiger partial charge in [-0.25, -0.2) is 19.2 Å². The number of hydrogen-bond acceptors (Lipinski definition) is 10. The van der Waals surface area contributed by atoms with Crippen LogP contribution in [0.1, 0.15) is 25.7 Å². The van der Waals surface area contributed by atoms with Crippen LogP contribution in [-0.4, -0.2) is 117 Å². The first-order valence-electron chi connectivity index (χ1n) is 23.1. The molecule has 0 radical (unpaired) electrons. The molecular weight excluding hydrogens is 974 g/mol. The Morgan fingerprint density at radius 3 is 1.17 bits per heavy atom. The summed E-state index contributed by atoms with van der Waals surface area (Å²) in [6.45, 7) is 11.2. The lowest BCUT2D eigenvalue weighted by Crippen LogP contribution is -2.46. The molecule has 4 heterocycles. The van der Waals surface area contributed by atoms with Gasteiger partial charge in [0.05, 0.1) is 42.9 Å². The van der Waals surface area contributed by atoms with Crippen molar-refractivity contribution in [3.8, 4) is 22.5 Å². The van der Waals surface area contributed by atoms with Gasteiger partial charge < -0.3 is 20.0 Å². The number of aromatic nitrogens is 4. The highest BCUT2D eigenvalue weighted by Crippen LogP contribution is 2.34. The third kappa shape index (κ3) is 16.3. The molecule has 0 atom stereocenters. The largest absolute Gasteiger partial charge is 0.478 e. The first-order chi connectivity index (χ1) is 33.9. The molecule has 8 rings (SSSR count). The Labute approximate surface area is 427 Å². The third-order valence-electron chi connectivity index (χ3n) is 11.8. The van der Waals surface area contributed by atoms with Crippen molar-refractivity contribution in [3.05, 3.63) is 175 Å². The molecule has 2 aromatic heterocycles. The highest BCUT2D eigenvalue weighted by atomic mass is 35.5. The number of benzene rings is 4. The van der Waals surface area contributed by atoms with Crippen molar-refractivity contribution in [2.24, 2.45) is 0 Å². The number of hydrogen-bond donors (Lipinski definition) is 2. The second-order valence-electron chi connectivity index (χ2n) is 16.5. The summed E-state index contributed by atoms with van der Waals surface area (Å²) in [5.41, 5.74) is 5.02. The zero-order valence-electron chi connectivity index (χ0n) is 38.6. The van der Waals surface area contributed by atoms with Gasteiger partial charge in [0.25, 0.3) is 0 Å². The number of piperazine rings is 2. The molecule has 14 nitrogen and oxygen atoms in total. The van der Waals surface area contributed by atoms with Crippen LogP contribution in [0.5, 0.6) is 0 Å². The van der Waals surface area contributed by atoms with Gasteiger partial charge in [0.2, 0.25) is 0 Å². The maximum atomic E-state index is 12.3. The summed E-state index contributed by atoms with van der Waals surface area (Å²) >= 11 is 25.0. The van der Waals surface area contributed by atoms with Gasteiger partial charge in [-0.2, -0.15) is 9.97 Å². The van der Waals surface area contributed by atoms with Crippen LogP contribution < -0.4 is 21.2 Å². The Hall–Kier alpha value is -6.00. The lowest BCUT2D eigenvalue weighted by Gasteiger charge is -2.36. The monoisotopic (exact) mass is 1030 g/mol. The van der Waals surface area contributed by atoms with Crippen molar-refractivity contribution in [2.45, 2.75) is 38.8 Å². The van der Waals surface area contributed by atoms with Crippen LogP contribution in [0.2, 0.25) is 20.1 Å². The van der Waals surface area contributed by atoms with Gasteiger partial charge >= 0.3 is 23.3 Å². The molecule has 2 aliphatic rings. The fourth-order valence-corrected chi connectivity index (χ4v) is 8.84. The second-order valence-corrected chi connectivity index (χ2v) is 18.1. The summed E-state index contributed by atoms with van der Waals surface area (Å²) in [5, 5.41) is 18.1. The Morgan fingerprint density at radius 2 is 0.829 bits per heavy atom. The first kappa shape index (κ1) is 53.4. The van der Waals surface area contributed by atoms with E-state index in [-0.39, 0.29) is 11.4 Å². The minimum absolute atomic E-state index is 0.187. The van der Waals surface area contributed by atoms with Crippen molar-refractivity contribution in [3.63, 3.8) is 0 Å². The molecule has 0 bridgehead atoms. The summed E-state index contributed by atoms with van der Waals surface area (Å²) in [5.74, 6) is -2.51. The number of rotatable bonds is 16. The number of unbranched alkanes of at least 4 members (excludes halogenated alkanes) is 2. The highest BCUT2D eigenvalue weighted by molar-refractivity contribution is 6.44. The molecule has 0 unspecified atom stereocenters. The van der Waals surface area contributed by atoms with Crippen LogP contribution in [0.15, 0.2) is 143 Å². The van der Waals surface area contributed by atoms with Gasteiger partial charge in [0.15, 0.2) is 0 Å². The molecule has 70 heavy (non-hydrogen) atoms. The number of halogens is 4. The van der Waals surface area contributed by atoms with E-state index in [0.717, 1.165) is 125 Å². The smallest absolute Gasteiger partial charge is 0.348 e. The maximum Gasteiger partial charge on any atom is 0.348 e. The van der Waals surface area contributed by atoms with Gasteiger partial charge in [-0.15, -0.1) is 0 Å². The third-order valence-corrected chi connectivity index (χ3v) is 13.4. The molecule has 2 fully saturated rings. The normalized spacial score (nSPS) is 14.1. The zero-order chi connectivity index (χ0) is 49.8. The van der Waals surface area contributed by atoms with Crippen LogP contribution in [-0.2, 0) is 22.7 Å². The molecule has 0 amide bonds. The SMILES string of the molecule is O=C(O)C=CC(=O)O.O=c1nc(-c2ccccc2)ccn1CCCCN1CCN(c2cccc(Cl)c2Cl)CC1.O=c1nc(-c2ccccc2)ccn1CCCCN1CCN(c2cccc(Cl)c2Cl)CC1. The molecule has 4 aromatic carbocycles. The molecule has 2 saturated heterocycles. The van der Waals surface area contributed by atoms with Crippen LogP contribution >= 0.6 is 46.4 Å². The molecule has 18 heteroatoms. The maximum absolute atomic E-state index is 12.3. The fourth-order valence-electron chi connectivity index (χ4n) is 8.01. The van der Waals surface area contributed by atoms with Gasteiger partial charge in [0, 0.05) is 101 Å². The lowest BCUT2D eigenvalue weighted by molar-refractivity contribution is -0.134. The average Bonchev–Trinajstić information content (AvgIpc) is 3.37. The average molecular weight is 1030 g/mol. The molecule has 0 spiro atoms. The van der Waals surface area contributed by atoms with Crippen LogP contribution in [0.25, 0.3) is 22.5 Å². The molecule has 6 aromatic rings. The minimum atomic E-state index is -1.26. The van der Waals surface area contributed by atoms with E-state index in [9.17, 15) is 19.2 Å². The van der Waals surface area contributed by atoms with Crippen molar-refractivity contribution < 1.29 is 19.8 Å². The number of aryl methyl sites for hydroxylation is 2. The number of carboxylic acid groups (broad SMARTS) is 2. The number of carbonyl (C=O) groups is 2. The summed E-state index contributed by atoms with van der Waals surface area (Å²) in [7, 11) is 0. The summed E-state index contributed by atoms with van der Waals surface area (Å²) in [6, 6.07) is 35.0. The van der Waals surface area contributed by atoms with Gasteiger partial charge in [-0.05, 0) is 75.2 Å². The van der Waals surface area contributed by atoms with E-state index in [2.05, 4.69) is 29.6 Å². The van der Waals surface area contributed by atoms with E-state index in [4.69, 9.17) is 56.6 Å². The summed E-state index contributed by atoms with van der Waals surface area (Å²) in [6.07, 6.45) is 8.82. The quantitative estimate of drug-likeness (QED) is 0.0701. The van der Waals surface area contributed by atoms with Crippen molar-refractivity contribution >= 4 is 69.7 Å². The summed E-state index contributed by atoms with van der Waals surface area (Å²) < 4.78 is 3.40. The van der Waals surface area contributed by atoms with Gasteiger partial charge in [-0.1, -0.05) is 119 Å². The van der Waals surface area contributed by atoms with E-state index in [1.54, 1.807) is 9.13 Å². The van der Waals surface area contributed by atoms with E-state index in [1.807, 2.05) is 122 Å². The van der Waals surface area contributed by atoms with E-state index < -0.39 is 11.9 Å². The lowest BCUT2D eigenvalue weighted by atomic mass is 10.1. The number of carboxylic acids is 2. The molecule has 0 aliphatic carbocycles. The molecule has 368 valence electrons. The second kappa shape index (κ2) is 27.4. The zero-order valence-corrected chi connectivity index (χ0v) is 41.7. The molecule has 2 N–H and O–H groups in total. The van der Waals surface area contributed by atoms with Crippen molar-refractivity contribution in [1.29, 1.82) is 0 Å². The Morgan fingerprint density at radius 1 is 0.471 bits per heavy atom. The Kier molecular flexibility index (Phi) is 20.9. The predicted octanol–water partition coefficient (Wildman–Crippen LogP) is 9.35. The number of aliphatic carboxylic acids is 2. The Bertz CT molecular complexity index is 2590. The fraction of sp³-hybridized carbons (Fsp3) is 0.308. The van der Waals surface area contributed by atoms with E-state index >= 15 is 0 Å². The minimum Gasteiger partial charge on any atom is -0.478 e. The van der Waals surface area contributed by atoms with Crippen LogP contribution in [0.4, 0.5) is 11.4 Å². The topological polar surface area (TPSA) is 157 Å². The Balaban J connectivity index is 0.000000199.